The van der Waals surface area contributed by atoms with E-state index in [4.69, 9.17) is 23.2 Å². The molecule has 0 N–H and O–H groups in total. The third-order valence-electron chi connectivity index (χ3n) is 3.96. The average Bonchev–Trinajstić information content (AvgIpc) is 2.64. The Hall–Kier alpha value is -2.84. The van der Waals surface area contributed by atoms with Gasteiger partial charge in [0.1, 0.15) is 11.6 Å². The molecule has 4 aromatic rings. The Morgan fingerprint density at radius 3 is 1.89 bits per heavy atom. The number of rotatable bonds is 0. The molecule has 2 aromatic heterocycles. The van der Waals surface area contributed by atoms with Gasteiger partial charge in [0.15, 0.2) is 10.3 Å². The lowest BCUT2D eigenvalue weighted by Crippen LogP contribution is -2.20. The molecule has 0 saturated carbocycles. The van der Waals surface area contributed by atoms with Gasteiger partial charge in [-0.05, 0) is 18.2 Å². The number of benzene rings is 2. The van der Waals surface area contributed by atoms with Gasteiger partial charge in [-0.2, -0.15) is 10.2 Å². The molecule has 0 bridgehead atoms. The molecule has 28 heavy (non-hydrogen) atoms. The average molecular weight is 425 g/mol. The summed E-state index contributed by atoms with van der Waals surface area (Å²) in [5, 5.41) is 8.21. The lowest BCUT2D eigenvalue weighted by molar-refractivity contribution is 0.632. The Bertz CT molecular complexity index is 1340. The van der Waals surface area contributed by atoms with E-state index in [-0.39, 0.29) is 32.0 Å². The molecule has 2 aromatic carbocycles. The van der Waals surface area contributed by atoms with Gasteiger partial charge in [0.05, 0.1) is 16.2 Å². The molecule has 2 heterocycles. The molecule has 0 radical (unpaired) electrons. The molecule has 0 unspecified atom stereocenters. The van der Waals surface area contributed by atoms with Crippen molar-refractivity contribution in [3.05, 3.63) is 79.0 Å². The van der Waals surface area contributed by atoms with E-state index in [1.165, 1.54) is 44.4 Å². The molecule has 0 aliphatic carbocycles. The van der Waals surface area contributed by atoms with E-state index in [2.05, 4.69) is 10.2 Å². The third kappa shape index (κ3) is 3.48. The minimum absolute atomic E-state index is 0.000185. The lowest BCUT2D eigenvalue weighted by Gasteiger charge is -2.02. The van der Waals surface area contributed by atoms with E-state index in [1.807, 2.05) is 0 Å². The standard InChI is InChI=1S/2C9H6ClFN2O/c1-13-9(14)5-3-2-4-6(11)7(5)8(10)12-13;1-13-9(14)7-5(8(10)12-13)3-2-4-6(7)11/h2*2-4H,1H3. The zero-order valence-electron chi connectivity index (χ0n) is 14.6. The molecular formula is C18H12Cl2F2N4O2. The van der Waals surface area contributed by atoms with Crippen LogP contribution in [0.3, 0.4) is 0 Å². The highest BCUT2D eigenvalue weighted by atomic mass is 35.5. The predicted molar refractivity (Wildman–Crippen MR) is 104 cm³/mol. The van der Waals surface area contributed by atoms with Crippen molar-refractivity contribution in [3.63, 3.8) is 0 Å². The van der Waals surface area contributed by atoms with Crippen LogP contribution in [0.4, 0.5) is 8.78 Å². The van der Waals surface area contributed by atoms with Gasteiger partial charge in [0.25, 0.3) is 11.1 Å². The van der Waals surface area contributed by atoms with Crippen LogP contribution < -0.4 is 11.1 Å². The van der Waals surface area contributed by atoms with Crippen molar-refractivity contribution in [1.29, 1.82) is 0 Å². The molecule has 4 rings (SSSR count). The van der Waals surface area contributed by atoms with Crippen LogP contribution in [-0.4, -0.2) is 19.6 Å². The van der Waals surface area contributed by atoms with E-state index >= 15 is 0 Å². The highest BCUT2D eigenvalue weighted by molar-refractivity contribution is 6.34. The fraction of sp³-hybridized carbons (Fsp3) is 0.111. The van der Waals surface area contributed by atoms with Crippen molar-refractivity contribution in [3.8, 4) is 0 Å². The van der Waals surface area contributed by atoms with Crippen molar-refractivity contribution in [2.75, 3.05) is 0 Å². The Balaban J connectivity index is 0.000000161. The van der Waals surface area contributed by atoms with Gasteiger partial charge in [-0.25, -0.2) is 18.1 Å². The summed E-state index contributed by atoms with van der Waals surface area (Å²) >= 11 is 11.5. The van der Waals surface area contributed by atoms with Gasteiger partial charge in [-0.15, -0.1) is 0 Å². The van der Waals surface area contributed by atoms with Crippen LogP contribution in [0, 0.1) is 11.6 Å². The van der Waals surface area contributed by atoms with E-state index in [1.54, 1.807) is 6.07 Å². The summed E-state index contributed by atoms with van der Waals surface area (Å²) in [5.74, 6) is -1.11. The van der Waals surface area contributed by atoms with Gasteiger partial charge in [0.2, 0.25) is 0 Å². The Labute approximate surface area is 166 Å². The summed E-state index contributed by atoms with van der Waals surface area (Å²) in [6, 6.07) is 8.51. The number of fused-ring (bicyclic) bond motifs is 2. The maximum Gasteiger partial charge on any atom is 0.277 e. The summed E-state index contributed by atoms with van der Waals surface area (Å²) in [5.41, 5.74) is -0.841. The quantitative estimate of drug-likeness (QED) is 0.433. The van der Waals surface area contributed by atoms with Crippen molar-refractivity contribution in [2.24, 2.45) is 14.1 Å². The molecule has 10 heteroatoms. The zero-order chi connectivity index (χ0) is 20.6. The summed E-state index contributed by atoms with van der Waals surface area (Å²) in [4.78, 5) is 23.0. The molecule has 6 nitrogen and oxygen atoms in total. The number of aromatic nitrogens is 4. The van der Waals surface area contributed by atoms with Crippen LogP contribution in [0.1, 0.15) is 0 Å². The Morgan fingerprint density at radius 1 is 0.750 bits per heavy atom. The largest absolute Gasteiger partial charge is 0.277 e. The second-order valence-corrected chi connectivity index (χ2v) is 6.48. The first-order valence-corrected chi connectivity index (χ1v) is 8.60. The summed E-state index contributed by atoms with van der Waals surface area (Å²) in [7, 11) is 2.90. The van der Waals surface area contributed by atoms with Crippen molar-refractivity contribution in [1.82, 2.24) is 19.6 Å². The van der Waals surface area contributed by atoms with Crippen molar-refractivity contribution >= 4 is 44.7 Å². The van der Waals surface area contributed by atoms with Crippen LogP contribution in [-0.2, 0) is 14.1 Å². The topological polar surface area (TPSA) is 69.8 Å². The summed E-state index contributed by atoms with van der Waals surface area (Å²) in [6.07, 6.45) is 0. The molecule has 0 aliphatic rings. The number of hydrogen-bond acceptors (Lipinski definition) is 4. The van der Waals surface area contributed by atoms with E-state index in [0.717, 1.165) is 9.36 Å². The number of halogens is 4. The SMILES string of the molecule is Cn1nc(Cl)c2c(F)cccc2c1=O.Cn1nc(Cl)c2cccc(F)c2c1=O. The molecule has 0 aliphatic heterocycles. The lowest BCUT2D eigenvalue weighted by atomic mass is 10.2. The van der Waals surface area contributed by atoms with Gasteiger partial charge >= 0.3 is 0 Å². The minimum atomic E-state index is -0.576. The van der Waals surface area contributed by atoms with Gasteiger partial charge in [0, 0.05) is 19.5 Å². The molecular weight excluding hydrogens is 413 g/mol. The summed E-state index contributed by atoms with van der Waals surface area (Å²) in [6.45, 7) is 0. The normalized spacial score (nSPS) is 10.8. The Morgan fingerprint density at radius 2 is 1.25 bits per heavy atom. The number of hydrogen-bond donors (Lipinski definition) is 0. The molecule has 0 spiro atoms. The molecule has 0 amide bonds. The second-order valence-electron chi connectivity index (χ2n) is 5.76. The monoisotopic (exact) mass is 424 g/mol. The highest BCUT2D eigenvalue weighted by Crippen LogP contribution is 2.21. The predicted octanol–water partition coefficient (Wildman–Crippen LogP) is 3.45. The van der Waals surface area contributed by atoms with Crippen LogP contribution in [0.2, 0.25) is 10.3 Å². The number of aryl methyl sites for hydroxylation is 2. The summed E-state index contributed by atoms with van der Waals surface area (Å²) < 4.78 is 28.7. The van der Waals surface area contributed by atoms with Crippen molar-refractivity contribution in [2.45, 2.75) is 0 Å². The van der Waals surface area contributed by atoms with Crippen LogP contribution in [0.15, 0.2) is 46.0 Å². The fourth-order valence-electron chi connectivity index (χ4n) is 2.62. The molecule has 0 saturated heterocycles. The first kappa shape index (κ1) is 19.9. The molecule has 144 valence electrons. The maximum atomic E-state index is 13.3. The first-order valence-electron chi connectivity index (χ1n) is 7.84. The fourth-order valence-corrected chi connectivity index (χ4v) is 3.20. The second kappa shape index (κ2) is 7.65. The van der Waals surface area contributed by atoms with E-state index < -0.39 is 17.2 Å². The van der Waals surface area contributed by atoms with Crippen molar-refractivity contribution < 1.29 is 8.78 Å². The number of nitrogens with zero attached hydrogens (tertiary/aromatic N) is 4. The molecule has 0 fully saturated rings. The van der Waals surface area contributed by atoms with Crippen LogP contribution in [0.5, 0.6) is 0 Å². The maximum absolute atomic E-state index is 13.3. The van der Waals surface area contributed by atoms with Crippen LogP contribution >= 0.6 is 23.2 Å². The third-order valence-corrected chi connectivity index (χ3v) is 4.51. The van der Waals surface area contributed by atoms with E-state index in [9.17, 15) is 18.4 Å². The van der Waals surface area contributed by atoms with Crippen LogP contribution in [0.25, 0.3) is 21.5 Å². The van der Waals surface area contributed by atoms with Gasteiger partial charge in [-0.3, -0.25) is 9.59 Å². The first-order chi connectivity index (χ1) is 13.2. The van der Waals surface area contributed by atoms with E-state index in [0.29, 0.717) is 5.39 Å². The smallest absolute Gasteiger partial charge is 0.267 e. The van der Waals surface area contributed by atoms with Gasteiger partial charge in [-0.1, -0.05) is 41.4 Å². The molecule has 0 atom stereocenters. The highest BCUT2D eigenvalue weighted by Gasteiger charge is 2.11. The van der Waals surface area contributed by atoms with Gasteiger partial charge < -0.3 is 0 Å². The Kier molecular flexibility index (Phi) is 5.44. The minimum Gasteiger partial charge on any atom is -0.267 e. The zero-order valence-corrected chi connectivity index (χ0v) is 16.1.